The number of ether oxygens (including phenoxy) is 3. The van der Waals surface area contributed by atoms with E-state index in [1.807, 2.05) is 52.0 Å². The Morgan fingerprint density at radius 2 is 2.03 bits per heavy atom. The number of carbonyl (C=O) groups excluding carboxylic acids is 1. The number of hydrogen-bond donors (Lipinski definition) is 2. The molecule has 3 heterocycles. The van der Waals surface area contributed by atoms with Crippen LogP contribution >= 0.6 is 0 Å². The number of amides is 1. The zero-order valence-electron chi connectivity index (χ0n) is 20.9. The van der Waals surface area contributed by atoms with E-state index in [0.717, 1.165) is 39.8 Å². The molecule has 1 aliphatic heterocycles. The van der Waals surface area contributed by atoms with Crippen molar-refractivity contribution in [3.05, 3.63) is 41.8 Å². The molecule has 1 aliphatic carbocycles. The molecular weight excluding hydrogens is 462 g/mol. The maximum atomic E-state index is 12.1. The van der Waals surface area contributed by atoms with Gasteiger partial charge in [-0.25, -0.2) is 19.8 Å². The van der Waals surface area contributed by atoms with Gasteiger partial charge in [-0.2, -0.15) is 0 Å². The van der Waals surface area contributed by atoms with Gasteiger partial charge in [0.05, 0.1) is 17.3 Å². The molecule has 0 unspecified atom stereocenters. The topological polar surface area (TPSA) is 120 Å². The smallest absolute Gasteiger partial charge is 0.407 e. The van der Waals surface area contributed by atoms with Gasteiger partial charge in [0.25, 0.3) is 11.5 Å². The zero-order valence-corrected chi connectivity index (χ0v) is 20.9. The standard InChI is InChI=1S/C26H31N5O5/c1-15-20-13-16(19-9-10-27-23-22(19)34-11-12-35-23)5-8-21(20)31(33)24(28-15)29-17-6-7-18(14-17)30-25(32)36-26(2,3)4/h5,8-10,13,17-18,33H,6-7,11-12,14H2,1-4H3,(H,30,32)/t17-,18+/m1/s1. The summed E-state index contributed by atoms with van der Waals surface area (Å²) in [6.07, 6.45) is 3.50. The number of nitrogens with one attached hydrogen (secondary N) is 1. The van der Waals surface area contributed by atoms with E-state index in [0.29, 0.717) is 36.8 Å². The minimum Gasteiger partial charge on any atom is -0.484 e. The van der Waals surface area contributed by atoms with Gasteiger partial charge in [0.1, 0.15) is 18.8 Å². The van der Waals surface area contributed by atoms with Crippen molar-refractivity contribution in [1.29, 1.82) is 0 Å². The Morgan fingerprint density at radius 3 is 2.83 bits per heavy atom. The summed E-state index contributed by atoms with van der Waals surface area (Å²) in [7, 11) is 0. The fourth-order valence-corrected chi connectivity index (χ4v) is 4.65. The maximum absolute atomic E-state index is 12.1. The number of fused-ring (bicyclic) bond motifs is 2. The number of nitrogens with zero attached hydrogens (tertiary/aromatic N) is 4. The molecular formula is C26H31N5O5. The van der Waals surface area contributed by atoms with Crippen LogP contribution in [-0.2, 0) is 4.74 Å². The Balaban J connectivity index is 1.40. The van der Waals surface area contributed by atoms with E-state index >= 15 is 0 Å². The van der Waals surface area contributed by atoms with Crippen LogP contribution in [0.1, 0.15) is 45.7 Å². The first-order valence-electron chi connectivity index (χ1n) is 12.2. The van der Waals surface area contributed by atoms with Crippen LogP contribution in [0.2, 0.25) is 0 Å². The number of aromatic nitrogens is 3. The first kappa shape index (κ1) is 23.9. The summed E-state index contributed by atoms with van der Waals surface area (Å²) < 4.78 is 17.8. The molecule has 5 rings (SSSR count). The molecule has 2 aliphatic rings. The number of carbonyl (C=O) groups is 1. The molecule has 2 atom stereocenters. The van der Waals surface area contributed by atoms with Crippen LogP contribution in [0.25, 0.3) is 22.0 Å². The number of pyridine rings is 1. The highest BCUT2D eigenvalue weighted by Gasteiger charge is 2.28. The average molecular weight is 494 g/mol. The molecule has 190 valence electrons. The summed E-state index contributed by atoms with van der Waals surface area (Å²) >= 11 is 0. The Morgan fingerprint density at radius 1 is 1.22 bits per heavy atom. The van der Waals surface area contributed by atoms with Gasteiger partial charge in [0.2, 0.25) is 0 Å². The number of aryl methyl sites for hydroxylation is 1. The molecule has 1 aromatic carbocycles. The number of alkyl carbamates (subject to hydrolysis) is 1. The minimum atomic E-state index is -0.543. The highest BCUT2D eigenvalue weighted by molar-refractivity contribution is 5.87. The molecule has 10 heteroatoms. The third-order valence-electron chi connectivity index (χ3n) is 6.25. The highest BCUT2D eigenvalue weighted by atomic mass is 16.6. The number of hydrogen-bond acceptors (Lipinski definition) is 8. The molecule has 0 radical (unpaired) electrons. The summed E-state index contributed by atoms with van der Waals surface area (Å²) in [5.74, 6) is 1.10. The minimum absolute atomic E-state index is 0.0256. The maximum Gasteiger partial charge on any atom is 0.407 e. The second-order valence-electron chi connectivity index (χ2n) is 10.2. The second kappa shape index (κ2) is 9.33. The van der Waals surface area contributed by atoms with Crippen molar-refractivity contribution in [1.82, 2.24) is 20.0 Å². The van der Waals surface area contributed by atoms with Crippen LogP contribution < -0.4 is 20.4 Å². The average Bonchev–Trinajstić information content (AvgIpc) is 3.27. The van der Waals surface area contributed by atoms with E-state index in [1.54, 1.807) is 6.20 Å². The fraction of sp³-hybridized carbons (Fsp3) is 0.462. The van der Waals surface area contributed by atoms with Gasteiger partial charge in [0.15, 0.2) is 5.75 Å². The van der Waals surface area contributed by atoms with E-state index in [1.165, 1.54) is 0 Å². The van der Waals surface area contributed by atoms with Crippen LogP contribution in [0.15, 0.2) is 35.5 Å². The number of rotatable bonds is 3. The Kier molecular flexibility index (Phi) is 6.19. The van der Waals surface area contributed by atoms with Crippen LogP contribution in [0.5, 0.6) is 11.6 Å². The summed E-state index contributed by atoms with van der Waals surface area (Å²) in [4.78, 5) is 25.6. The van der Waals surface area contributed by atoms with Gasteiger partial charge >= 0.3 is 6.09 Å². The molecule has 1 saturated carbocycles. The normalized spacial score (nSPS) is 19.9. The Hall–Kier alpha value is -3.82. The Bertz CT molecular complexity index is 1380. The van der Waals surface area contributed by atoms with E-state index < -0.39 is 11.7 Å². The SMILES string of the molecule is Cc1nc(=N[C@@H]2CC[C@H](NC(=O)OC(C)(C)C)C2)n(O)c2ccc(-c3ccnc4c3OCCO4)cc12. The molecule has 0 bridgehead atoms. The van der Waals surface area contributed by atoms with E-state index in [-0.39, 0.29) is 17.7 Å². The van der Waals surface area contributed by atoms with Crippen molar-refractivity contribution in [2.45, 2.75) is 64.6 Å². The summed E-state index contributed by atoms with van der Waals surface area (Å²) in [5.41, 5.74) is 2.83. The predicted molar refractivity (Wildman–Crippen MR) is 132 cm³/mol. The van der Waals surface area contributed by atoms with Crippen LogP contribution in [-0.4, -0.2) is 56.9 Å². The van der Waals surface area contributed by atoms with Gasteiger partial charge in [-0.3, -0.25) is 0 Å². The largest absolute Gasteiger partial charge is 0.484 e. The molecule has 10 nitrogen and oxygen atoms in total. The molecule has 0 saturated heterocycles. The van der Waals surface area contributed by atoms with Gasteiger partial charge in [-0.15, -0.1) is 4.73 Å². The molecule has 2 aromatic heterocycles. The molecule has 3 aromatic rings. The molecule has 1 amide bonds. The quantitative estimate of drug-likeness (QED) is 0.533. The number of benzene rings is 1. The summed E-state index contributed by atoms with van der Waals surface area (Å²) in [6.45, 7) is 8.35. The van der Waals surface area contributed by atoms with Crippen LogP contribution in [0.4, 0.5) is 4.79 Å². The molecule has 1 fully saturated rings. The molecule has 0 spiro atoms. The lowest BCUT2D eigenvalue weighted by Crippen LogP contribution is -2.38. The van der Waals surface area contributed by atoms with Crippen molar-refractivity contribution < 1.29 is 24.2 Å². The van der Waals surface area contributed by atoms with E-state index in [4.69, 9.17) is 19.2 Å². The first-order valence-corrected chi connectivity index (χ1v) is 12.2. The van der Waals surface area contributed by atoms with Crippen LogP contribution in [0.3, 0.4) is 0 Å². The van der Waals surface area contributed by atoms with Crippen molar-refractivity contribution in [3.63, 3.8) is 0 Å². The van der Waals surface area contributed by atoms with Gasteiger partial charge in [0, 0.05) is 23.2 Å². The second-order valence-corrected chi connectivity index (χ2v) is 10.2. The first-order chi connectivity index (χ1) is 17.2. The van der Waals surface area contributed by atoms with Gasteiger partial charge in [-0.1, -0.05) is 6.07 Å². The Labute approximate surface area is 208 Å². The van der Waals surface area contributed by atoms with Crippen LogP contribution in [0, 0.1) is 6.92 Å². The zero-order chi connectivity index (χ0) is 25.4. The van der Waals surface area contributed by atoms with Gasteiger partial charge in [-0.05, 0) is 70.7 Å². The van der Waals surface area contributed by atoms with Crippen molar-refractivity contribution in [2.24, 2.45) is 4.99 Å². The van der Waals surface area contributed by atoms with Crippen molar-refractivity contribution >= 4 is 17.0 Å². The van der Waals surface area contributed by atoms with E-state index in [2.05, 4.69) is 15.3 Å². The third-order valence-corrected chi connectivity index (χ3v) is 6.25. The lowest BCUT2D eigenvalue weighted by Gasteiger charge is -2.21. The fourth-order valence-electron chi connectivity index (χ4n) is 4.65. The van der Waals surface area contributed by atoms with E-state index in [9.17, 15) is 10.0 Å². The van der Waals surface area contributed by atoms with Crippen molar-refractivity contribution in [3.8, 4) is 22.8 Å². The van der Waals surface area contributed by atoms with Gasteiger partial charge < -0.3 is 24.7 Å². The third kappa shape index (κ3) is 4.93. The van der Waals surface area contributed by atoms with Crippen molar-refractivity contribution in [2.75, 3.05) is 13.2 Å². The molecule has 36 heavy (non-hydrogen) atoms. The molecule has 2 N–H and O–H groups in total. The monoisotopic (exact) mass is 493 g/mol. The predicted octanol–water partition coefficient (Wildman–Crippen LogP) is 3.76. The summed E-state index contributed by atoms with van der Waals surface area (Å²) in [6, 6.07) is 7.53. The summed E-state index contributed by atoms with van der Waals surface area (Å²) in [5, 5.41) is 14.7. The highest BCUT2D eigenvalue weighted by Crippen LogP contribution is 2.39. The lowest BCUT2D eigenvalue weighted by molar-refractivity contribution is 0.0505. The lowest BCUT2D eigenvalue weighted by atomic mass is 10.0.